The van der Waals surface area contributed by atoms with Gasteiger partial charge in [-0.3, -0.25) is 10.1 Å². The molecule has 1 amide bonds. The van der Waals surface area contributed by atoms with E-state index in [9.17, 15) is 4.79 Å². The SMILES string of the molecule is CCCCNC(=O)C(C)NCc1nc(C)no1. The lowest BCUT2D eigenvalue weighted by atomic mass is 10.3. The van der Waals surface area contributed by atoms with Gasteiger partial charge in [0, 0.05) is 6.54 Å². The molecule has 96 valence electrons. The lowest BCUT2D eigenvalue weighted by molar-refractivity contribution is -0.122. The van der Waals surface area contributed by atoms with E-state index in [0.29, 0.717) is 18.3 Å². The third kappa shape index (κ3) is 4.95. The second-order valence-corrected chi connectivity index (χ2v) is 3.98. The van der Waals surface area contributed by atoms with E-state index in [0.717, 1.165) is 19.4 Å². The number of unbranched alkanes of at least 4 members (excludes halogenated alkanes) is 1. The van der Waals surface area contributed by atoms with Crippen molar-refractivity contribution >= 4 is 5.91 Å². The first-order valence-corrected chi connectivity index (χ1v) is 5.93. The van der Waals surface area contributed by atoms with Crippen LogP contribution in [0.5, 0.6) is 0 Å². The summed E-state index contributed by atoms with van der Waals surface area (Å²) in [5, 5.41) is 9.56. The first-order valence-electron chi connectivity index (χ1n) is 5.93. The highest BCUT2D eigenvalue weighted by Crippen LogP contribution is 1.96. The zero-order chi connectivity index (χ0) is 12.7. The number of hydrogen-bond acceptors (Lipinski definition) is 5. The number of amides is 1. The third-order valence-electron chi connectivity index (χ3n) is 2.35. The third-order valence-corrected chi connectivity index (χ3v) is 2.35. The Kier molecular flexibility index (Phi) is 5.62. The molecule has 0 saturated heterocycles. The largest absolute Gasteiger partial charge is 0.355 e. The summed E-state index contributed by atoms with van der Waals surface area (Å²) >= 11 is 0. The van der Waals surface area contributed by atoms with Gasteiger partial charge in [-0.1, -0.05) is 18.5 Å². The second-order valence-electron chi connectivity index (χ2n) is 3.98. The van der Waals surface area contributed by atoms with Crippen LogP contribution in [0.25, 0.3) is 0 Å². The lowest BCUT2D eigenvalue weighted by Crippen LogP contribution is -2.42. The van der Waals surface area contributed by atoms with E-state index < -0.39 is 0 Å². The van der Waals surface area contributed by atoms with Crippen LogP contribution in [-0.4, -0.2) is 28.6 Å². The van der Waals surface area contributed by atoms with Gasteiger partial charge in [0.15, 0.2) is 5.82 Å². The average molecular weight is 240 g/mol. The fourth-order valence-corrected chi connectivity index (χ4v) is 1.29. The molecule has 6 heteroatoms. The standard InChI is InChI=1S/C11H20N4O2/c1-4-5-6-12-11(16)8(2)13-7-10-14-9(3)15-17-10/h8,13H,4-7H2,1-3H3,(H,12,16). The predicted octanol–water partition coefficient (Wildman–Crippen LogP) is 0.772. The summed E-state index contributed by atoms with van der Waals surface area (Å²) in [6.07, 6.45) is 2.07. The zero-order valence-corrected chi connectivity index (χ0v) is 10.6. The first kappa shape index (κ1) is 13.6. The van der Waals surface area contributed by atoms with E-state index in [1.54, 1.807) is 6.92 Å². The van der Waals surface area contributed by atoms with Crippen molar-refractivity contribution in [2.24, 2.45) is 0 Å². The molecule has 1 rings (SSSR count). The predicted molar refractivity (Wildman–Crippen MR) is 63.3 cm³/mol. The second kappa shape index (κ2) is 7.01. The van der Waals surface area contributed by atoms with Crippen LogP contribution in [0, 0.1) is 6.92 Å². The summed E-state index contributed by atoms with van der Waals surface area (Å²) in [6, 6.07) is -0.265. The summed E-state index contributed by atoms with van der Waals surface area (Å²) in [4.78, 5) is 15.6. The number of aromatic nitrogens is 2. The molecule has 0 aromatic carbocycles. The quantitative estimate of drug-likeness (QED) is 0.688. The molecule has 0 spiro atoms. The van der Waals surface area contributed by atoms with Crippen molar-refractivity contribution < 1.29 is 9.32 Å². The topological polar surface area (TPSA) is 80.0 Å². The van der Waals surface area contributed by atoms with E-state index in [-0.39, 0.29) is 11.9 Å². The summed E-state index contributed by atoms with van der Waals surface area (Å²) in [5.74, 6) is 1.09. The van der Waals surface area contributed by atoms with Gasteiger partial charge in [-0.15, -0.1) is 0 Å². The highest BCUT2D eigenvalue weighted by molar-refractivity contribution is 5.81. The van der Waals surface area contributed by atoms with Crippen LogP contribution in [0.1, 0.15) is 38.4 Å². The number of rotatable bonds is 7. The van der Waals surface area contributed by atoms with Crippen LogP contribution in [0.4, 0.5) is 0 Å². The maximum atomic E-state index is 11.6. The van der Waals surface area contributed by atoms with Gasteiger partial charge >= 0.3 is 0 Å². The molecule has 1 heterocycles. The van der Waals surface area contributed by atoms with Gasteiger partial charge in [-0.05, 0) is 20.3 Å². The zero-order valence-electron chi connectivity index (χ0n) is 10.6. The summed E-state index contributed by atoms with van der Waals surface area (Å²) < 4.78 is 4.94. The molecule has 0 bridgehead atoms. The van der Waals surface area contributed by atoms with Gasteiger partial charge < -0.3 is 9.84 Å². The average Bonchev–Trinajstić information content (AvgIpc) is 2.72. The highest BCUT2D eigenvalue weighted by atomic mass is 16.5. The number of nitrogens with one attached hydrogen (secondary N) is 2. The normalized spacial score (nSPS) is 12.4. The lowest BCUT2D eigenvalue weighted by Gasteiger charge is -2.12. The van der Waals surface area contributed by atoms with Crippen LogP contribution < -0.4 is 10.6 Å². The fourth-order valence-electron chi connectivity index (χ4n) is 1.29. The molecule has 2 N–H and O–H groups in total. The van der Waals surface area contributed by atoms with Gasteiger partial charge in [-0.2, -0.15) is 4.98 Å². The van der Waals surface area contributed by atoms with Crippen molar-refractivity contribution in [1.29, 1.82) is 0 Å². The van der Waals surface area contributed by atoms with Crippen molar-refractivity contribution in [1.82, 2.24) is 20.8 Å². The van der Waals surface area contributed by atoms with Crippen molar-refractivity contribution in [3.8, 4) is 0 Å². The minimum atomic E-state index is -0.265. The van der Waals surface area contributed by atoms with Crippen LogP contribution in [0.15, 0.2) is 4.52 Å². The molecular weight excluding hydrogens is 220 g/mol. The van der Waals surface area contributed by atoms with E-state index in [2.05, 4.69) is 27.7 Å². The van der Waals surface area contributed by atoms with Crippen molar-refractivity contribution in [3.05, 3.63) is 11.7 Å². The van der Waals surface area contributed by atoms with Gasteiger partial charge in [0.05, 0.1) is 12.6 Å². The highest BCUT2D eigenvalue weighted by Gasteiger charge is 2.12. The maximum Gasteiger partial charge on any atom is 0.240 e. The van der Waals surface area contributed by atoms with Gasteiger partial charge in [0.2, 0.25) is 11.8 Å². The van der Waals surface area contributed by atoms with Crippen LogP contribution in [0.2, 0.25) is 0 Å². The van der Waals surface area contributed by atoms with Gasteiger partial charge in [-0.25, -0.2) is 0 Å². The van der Waals surface area contributed by atoms with Crippen LogP contribution >= 0.6 is 0 Å². The molecule has 1 atom stereocenters. The smallest absolute Gasteiger partial charge is 0.240 e. The van der Waals surface area contributed by atoms with E-state index in [1.807, 2.05) is 6.92 Å². The molecule has 0 aliphatic carbocycles. The minimum absolute atomic E-state index is 0.00492. The molecular formula is C11H20N4O2. The first-order chi connectivity index (χ1) is 8.13. The van der Waals surface area contributed by atoms with Crippen molar-refractivity contribution in [3.63, 3.8) is 0 Å². The number of carbonyl (C=O) groups excluding carboxylic acids is 1. The van der Waals surface area contributed by atoms with E-state index in [1.165, 1.54) is 0 Å². The molecule has 6 nitrogen and oxygen atoms in total. The number of hydrogen-bond donors (Lipinski definition) is 2. The Bertz CT molecular complexity index is 351. The van der Waals surface area contributed by atoms with Gasteiger partial charge in [0.25, 0.3) is 0 Å². The Hall–Kier alpha value is -1.43. The molecule has 0 radical (unpaired) electrons. The Morgan fingerprint density at radius 1 is 1.53 bits per heavy atom. The summed E-state index contributed by atoms with van der Waals surface area (Å²) in [5.41, 5.74) is 0. The number of carbonyl (C=O) groups is 1. The summed E-state index contributed by atoms with van der Waals surface area (Å²) in [7, 11) is 0. The minimum Gasteiger partial charge on any atom is -0.355 e. The monoisotopic (exact) mass is 240 g/mol. The van der Waals surface area contributed by atoms with Crippen LogP contribution in [-0.2, 0) is 11.3 Å². The maximum absolute atomic E-state index is 11.6. The Morgan fingerprint density at radius 2 is 2.29 bits per heavy atom. The van der Waals surface area contributed by atoms with Crippen molar-refractivity contribution in [2.75, 3.05) is 6.54 Å². The number of aryl methyl sites for hydroxylation is 1. The molecule has 0 fully saturated rings. The molecule has 0 saturated carbocycles. The molecule has 1 aromatic rings. The molecule has 0 aliphatic heterocycles. The molecule has 17 heavy (non-hydrogen) atoms. The fraction of sp³-hybridized carbons (Fsp3) is 0.727. The van der Waals surface area contributed by atoms with Gasteiger partial charge in [0.1, 0.15) is 0 Å². The van der Waals surface area contributed by atoms with Crippen LogP contribution in [0.3, 0.4) is 0 Å². The Balaban J connectivity index is 2.24. The van der Waals surface area contributed by atoms with E-state index >= 15 is 0 Å². The molecule has 1 aromatic heterocycles. The number of nitrogens with zero attached hydrogens (tertiary/aromatic N) is 2. The molecule has 1 unspecified atom stereocenters. The van der Waals surface area contributed by atoms with Crippen molar-refractivity contribution in [2.45, 2.75) is 46.2 Å². The van der Waals surface area contributed by atoms with E-state index in [4.69, 9.17) is 4.52 Å². The molecule has 0 aliphatic rings. The summed E-state index contributed by atoms with van der Waals surface area (Å²) in [6.45, 7) is 6.79. The Labute approximate surface area is 101 Å². The Morgan fingerprint density at radius 3 is 2.88 bits per heavy atom.